The molecule has 0 bridgehead atoms. The summed E-state index contributed by atoms with van der Waals surface area (Å²) in [6, 6.07) is 52.2. The van der Waals surface area contributed by atoms with Crippen molar-refractivity contribution >= 4 is 43.5 Å². The number of aromatic nitrogens is 3. The van der Waals surface area contributed by atoms with E-state index in [0.29, 0.717) is 17.5 Å². The highest BCUT2D eigenvalue weighted by Crippen LogP contribution is 2.39. The molecule has 4 nitrogen and oxygen atoms in total. The van der Waals surface area contributed by atoms with Gasteiger partial charge in [-0.05, 0) is 56.9 Å². The van der Waals surface area contributed by atoms with Gasteiger partial charge < -0.3 is 4.42 Å². The molecule has 2 aromatic heterocycles. The zero-order valence-electron chi connectivity index (χ0n) is 24.2. The average molecular weight is 576 g/mol. The molecule has 0 spiro atoms. The van der Waals surface area contributed by atoms with Gasteiger partial charge in [-0.1, -0.05) is 127 Å². The van der Waals surface area contributed by atoms with E-state index in [4.69, 9.17) is 19.4 Å². The van der Waals surface area contributed by atoms with Gasteiger partial charge in [0.15, 0.2) is 17.5 Å². The van der Waals surface area contributed by atoms with Gasteiger partial charge in [0.1, 0.15) is 11.2 Å². The van der Waals surface area contributed by atoms with Crippen LogP contribution in [0.15, 0.2) is 156 Å². The van der Waals surface area contributed by atoms with Crippen molar-refractivity contribution in [2.75, 3.05) is 0 Å². The summed E-state index contributed by atoms with van der Waals surface area (Å²) in [7, 11) is 0. The number of rotatable bonds is 4. The summed E-state index contributed by atoms with van der Waals surface area (Å²) in [5.41, 5.74) is 6.82. The van der Waals surface area contributed by atoms with Crippen LogP contribution in [0.2, 0.25) is 0 Å². The maximum atomic E-state index is 6.45. The van der Waals surface area contributed by atoms with Gasteiger partial charge >= 0.3 is 0 Å². The Morgan fingerprint density at radius 1 is 0.356 bits per heavy atom. The molecule has 0 radical (unpaired) electrons. The molecule has 2 heterocycles. The largest absolute Gasteiger partial charge is 0.456 e. The molecule has 9 aromatic rings. The first-order chi connectivity index (χ1) is 22.3. The van der Waals surface area contributed by atoms with Gasteiger partial charge in [-0.25, -0.2) is 15.0 Å². The lowest BCUT2D eigenvalue weighted by atomic mass is 9.98. The molecule has 0 amide bonds. The summed E-state index contributed by atoms with van der Waals surface area (Å²) in [6.45, 7) is 0. The van der Waals surface area contributed by atoms with Crippen molar-refractivity contribution < 1.29 is 4.42 Å². The normalized spacial score (nSPS) is 11.6. The molecule has 4 heteroatoms. The Balaban J connectivity index is 1.30. The van der Waals surface area contributed by atoms with E-state index in [1.807, 2.05) is 48.5 Å². The molecular formula is C41H25N3O. The number of benzene rings is 7. The van der Waals surface area contributed by atoms with Gasteiger partial charge in [0.05, 0.1) is 0 Å². The van der Waals surface area contributed by atoms with Crippen LogP contribution in [0.25, 0.3) is 88.8 Å². The minimum atomic E-state index is 0.609. The third-order valence-electron chi connectivity index (χ3n) is 8.50. The third-order valence-corrected chi connectivity index (χ3v) is 8.50. The Kier molecular flexibility index (Phi) is 5.78. The lowest BCUT2D eigenvalue weighted by molar-refractivity contribution is 0.669. The topological polar surface area (TPSA) is 51.8 Å². The molecular weight excluding hydrogens is 550 g/mol. The number of hydrogen-bond donors (Lipinski definition) is 0. The molecule has 0 aliphatic rings. The first kappa shape index (κ1) is 25.4. The maximum Gasteiger partial charge on any atom is 0.164 e. The molecule has 0 atom stereocenters. The molecule has 0 aliphatic heterocycles. The Morgan fingerprint density at radius 2 is 1.02 bits per heavy atom. The molecule has 0 saturated heterocycles. The Bertz CT molecular complexity index is 2530. The zero-order valence-corrected chi connectivity index (χ0v) is 24.2. The van der Waals surface area contributed by atoms with Crippen LogP contribution in [0.1, 0.15) is 0 Å². The minimum absolute atomic E-state index is 0.609. The Morgan fingerprint density at radius 3 is 1.87 bits per heavy atom. The monoisotopic (exact) mass is 575 g/mol. The van der Waals surface area contributed by atoms with Crippen molar-refractivity contribution in [2.45, 2.75) is 0 Å². The van der Waals surface area contributed by atoms with Gasteiger partial charge in [0.25, 0.3) is 0 Å². The van der Waals surface area contributed by atoms with Crippen molar-refractivity contribution in [3.63, 3.8) is 0 Å². The summed E-state index contributed by atoms with van der Waals surface area (Å²) < 4.78 is 6.45. The fourth-order valence-electron chi connectivity index (χ4n) is 6.32. The van der Waals surface area contributed by atoms with Gasteiger partial charge in [-0.2, -0.15) is 0 Å². The number of fused-ring (bicyclic) bond motifs is 5. The summed E-state index contributed by atoms with van der Waals surface area (Å²) in [5, 5.41) is 6.55. The molecule has 0 unspecified atom stereocenters. The summed E-state index contributed by atoms with van der Waals surface area (Å²) in [6.07, 6.45) is 0. The molecule has 210 valence electrons. The van der Waals surface area contributed by atoms with Crippen LogP contribution in [0, 0.1) is 0 Å². The van der Waals surface area contributed by atoms with Crippen LogP contribution >= 0.6 is 0 Å². The van der Waals surface area contributed by atoms with E-state index < -0.39 is 0 Å². The molecule has 9 rings (SSSR count). The highest BCUT2D eigenvalue weighted by molar-refractivity contribution is 6.15. The van der Waals surface area contributed by atoms with Crippen LogP contribution in [0.5, 0.6) is 0 Å². The van der Waals surface area contributed by atoms with Gasteiger partial charge in [0, 0.05) is 27.5 Å². The predicted molar refractivity (Wildman–Crippen MR) is 184 cm³/mol. The minimum Gasteiger partial charge on any atom is -0.456 e. The SMILES string of the molecule is c1ccc(-c2ccc3cc4oc5cccc(-c6nc(-c7ccccc7)nc(-c7cccc8ccccc78)n6)c5c4cc3c2)cc1. The number of furan rings is 1. The molecule has 45 heavy (non-hydrogen) atoms. The van der Waals surface area contributed by atoms with E-state index in [1.54, 1.807) is 0 Å². The second-order valence-electron chi connectivity index (χ2n) is 11.3. The van der Waals surface area contributed by atoms with Gasteiger partial charge in [-0.15, -0.1) is 0 Å². The molecule has 0 fully saturated rings. The van der Waals surface area contributed by atoms with Crippen molar-refractivity contribution in [3.8, 4) is 45.3 Å². The first-order valence-corrected chi connectivity index (χ1v) is 15.0. The van der Waals surface area contributed by atoms with E-state index in [9.17, 15) is 0 Å². The molecule has 0 N–H and O–H groups in total. The third kappa shape index (κ3) is 4.35. The van der Waals surface area contributed by atoms with Crippen LogP contribution in [0.3, 0.4) is 0 Å². The van der Waals surface area contributed by atoms with E-state index in [1.165, 1.54) is 11.1 Å². The smallest absolute Gasteiger partial charge is 0.164 e. The Labute approximate surface area is 259 Å². The molecule has 0 aliphatic carbocycles. The van der Waals surface area contributed by atoms with Crippen LogP contribution in [-0.2, 0) is 0 Å². The maximum absolute atomic E-state index is 6.45. The van der Waals surface area contributed by atoms with E-state index in [0.717, 1.165) is 60.2 Å². The van der Waals surface area contributed by atoms with Gasteiger partial charge in [-0.3, -0.25) is 0 Å². The van der Waals surface area contributed by atoms with Crippen molar-refractivity contribution in [2.24, 2.45) is 0 Å². The Hall–Kier alpha value is -6.13. The fourth-order valence-corrected chi connectivity index (χ4v) is 6.32. The van der Waals surface area contributed by atoms with Crippen molar-refractivity contribution in [3.05, 3.63) is 152 Å². The highest BCUT2D eigenvalue weighted by Gasteiger charge is 2.19. The van der Waals surface area contributed by atoms with E-state index in [-0.39, 0.29) is 0 Å². The lowest BCUT2D eigenvalue weighted by Crippen LogP contribution is -2.00. The van der Waals surface area contributed by atoms with Crippen LogP contribution in [-0.4, -0.2) is 15.0 Å². The van der Waals surface area contributed by atoms with Crippen molar-refractivity contribution in [1.29, 1.82) is 0 Å². The summed E-state index contributed by atoms with van der Waals surface area (Å²) in [5.74, 6) is 1.88. The van der Waals surface area contributed by atoms with Crippen LogP contribution < -0.4 is 0 Å². The van der Waals surface area contributed by atoms with Crippen LogP contribution in [0.4, 0.5) is 0 Å². The quantitative estimate of drug-likeness (QED) is 0.209. The van der Waals surface area contributed by atoms with Crippen molar-refractivity contribution in [1.82, 2.24) is 15.0 Å². The lowest BCUT2D eigenvalue weighted by Gasteiger charge is -2.11. The first-order valence-electron chi connectivity index (χ1n) is 15.0. The average Bonchev–Trinajstić information content (AvgIpc) is 3.48. The summed E-state index contributed by atoms with van der Waals surface area (Å²) >= 11 is 0. The number of nitrogens with zero attached hydrogens (tertiary/aromatic N) is 3. The second kappa shape index (κ2) is 10.2. The second-order valence-corrected chi connectivity index (χ2v) is 11.3. The van der Waals surface area contributed by atoms with E-state index >= 15 is 0 Å². The predicted octanol–water partition coefficient (Wildman–Crippen LogP) is 10.7. The van der Waals surface area contributed by atoms with Gasteiger partial charge in [0.2, 0.25) is 0 Å². The van der Waals surface area contributed by atoms with E-state index in [2.05, 4.69) is 103 Å². The highest BCUT2D eigenvalue weighted by atomic mass is 16.3. The molecule has 7 aromatic carbocycles. The fraction of sp³-hybridized carbons (Fsp3) is 0. The zero-order chi connectivity index (χ0) is 29.7. The summed E-state index contributed by atoms with van der Waals surface area (Å²) in [4.78, 5) is 15.2. The molecule has 0 saturated carbocycles. The standard InChI is InChI=1S/C41H25N3O/c1-3-11-26(12-4-1)29-21-22-30-25-37-35(24-31(30)23-29)38-34(19-10-20-36(38)45-37)41-43-39(28-14-5-2-6-15-28)42-40(44-41)33-18-9-16-27-13-7-8-17-32(27)33/h1-25H. The number of hydrogen-bond acceptors (Lipinski definition) is 4.